The van der Waals surface area contributed by atoms with Crippen molar-refractivity contribution in [1.29, 1.82) is 0 Å². The van der Waals surface area contributed by atoms with Crippen LogP contribution in [0, 0.1) is 5.92 Å². The fraction of sp³-hybridized carbons (Fsp3) is 0.600. The molecule has 1 aromatic rings. The summed E-state index contributed by atoms with van der Waals surface area (Å²) in [6.07, 6.45) is 0. The number of rotatable bonds is 4. The predicted molar refractivity (Wildman–Crippen MR) is 80.9 cm³/mol. The van der Waals surface area contributed by atoms with Gasteiger partial charge in [-0.2, -0.15) is 0 Å². The first-order valence-corrected chi connectivity index (χ1v) is 8.86. The Balaban J connectivity index is 2.05. The van der Waals surface area contributed by atoms with Crippen molar-refractivity contribution < 1.29 is 12.8 Å². The van der Waals surface area contributed by atoms with Crippen LogP contribution >= 0.6 is 0 Å². The van der Waals surface area contributed by atoms with E-state index in [0.29, 0.717) is 13.1 Å². The van der Waals surface area contributed by atoms with Gasteiger partial charge in [-0.25, -0.2) is 8.42 Å². The Morgan fingerprint density at radius 3 is 2.20 bits per heavy atom. The van der Waals surface area contributed by atoms with Gasteiger partial charge in [0.25, 0.3) is 0 Å². The van der Waals surface area contributed by atoms with E-state index in [2.05, 4.69) is 4.90 Å². The zero-order valence-electron chi connectivity index (χ0n) is 12.0. The molecular formula is C15H22FNO2S. The molecule has 0 aliphatic carbocycles. The minimum absolute atomic E-state index is 0.0148. The summed E-state index contributed by atoms with van der Waals surface area (Å²) < 4.78 is 35.5. The van der Waals surface area contributed by atoms with E-state index in [-0.39, 0.29) is 30.0 Å². The molecule has 0 N–H and O–H groups in total. The number of alkyl halides is 1. The molecule has 1 saturated heterocycles. The van der Waals surface area contributed by atoms with Crippen LogP contribution in [0.4, 0.5) is 10.1 Å². The Hall–Kier alpha value is -1.10. The van der Waals surface area contributed by atoms with Crippen LogP contribution in [0.2, 0.25) is 0 Å². The molecule has 0 bridgehead atoms. The third kappa shape index (κ3) is 3.51. The van der Waals surface area contributed by atoms with Crippen molar-refractivity contribution in [3.8, 4) is 0 Å². The van der Waals surface area contributed by atoms with Gasteiger partial charge in [0.1, 0.15) is 0 Å². The molecular weight excluding hydrogens is 277 g/mol. The molecule has 0 amide bonds. The average molecular weight is 299 g/mol. The molecule has 1 fully saturated rings. The number of hydrogen-bond donors (Lipinski definition) is 0. The van der Waals surface area contributed by atoms with Crippen molar-refractivity contribution in [1.82, 2.24) is 0 Å². The maximum atomic E-state index is 12.7. The van der Waals surface area contributed by atoms with Crippen molar-refractivity contribution in [2.24, 2.45) is 5.92 Å². The van der Waals surface area contributed by atoms with Gasteiger partial charge in [-0.1, -0.05) is 26.0 Å². The van der Waals surface area contributed by atoms with E-state index in [1.807, 2.05) is 38.1 Å². The molecule has 0 saturated carbocycles. The highest BCUT2D eigenvalue weighted by Crippen LogP contribution is 2.27. The molecule has 5 heteroatoms. The molecule has 0 unspecified atom stereocenters. The van der Waals surface area contributed by atoms with Gasteiger partial charge in [0.2, 0.25) is 0 Å². The van der Waals surface area contributed by atoms with E-state index in [4.69, 9.17) is 0 Å². The molecule has 112 valence electrons. The first-order chi connectivity index (χ1) is 9.43. The monoisotopic (exact) mass is 299 g/mol. The highest BCUT2D eigenvalue weighted by atomic mass is 32.2. The lowest BCUT2D eigenvalue weighted by molar-refractivity contribution is 0.346. The Bertz CT molecular complexity index is 527. The summed E-state index contributed by atoms with van der Waals surface area (Å²) in [6.45, 7) is 4.74. The van der Waals surface area contributed by atoms with Gasteiger partial charge in [-0.3, -0.25) is 4.39 Å². The van der Waals surface area contributed by atoms with E-state index in [9.17, 15) is 12.8 Å². The summed E-state index contributed by atoms with van der Waals surface area (Å²) in [5, 5.41) is 0. The molecule has 2 atom stereocenters. The van der Waals surface area contributed by atoms with Crippen LogP contribution in [-0.4, -0.2) is 39.7 Å². The maximum Gasteiger partial charge on any atom is 0.153 e. The summed E-state index contributed by atoms with van der Waals surface area (Å²) in [5.41, 5.74) is 2.17. The molecule has 2 rings (SSSR count). The van der Waals surface area contributed by atoms with Crippen molar-refractivity contribution in [3.63, 3.8) is 0 Å². The second-order valence-corrected chi connectivity index (χ2v) is 7.95. The standard InChI is InChI=1S/C15H22FNO2S/c1-12(11-16)13(2)14-3-5-15(6-4-14)17-7-9-20(18,19)10-8-17/h3-6,12-13H,7-11H2,1-2H3/t12-,13+/m1/s1. The average Bonchev–Trinajstić information content (AvgIpc) is 2.46. The van der Waals surface area contributed by atoms with Gasteiger partial charge in [0, 0.05) is 18.8 Å². The lowest BCUT2D eigenvalue weighted by atomic mass is 9.90. The minimum Gasteiger partial charge on any atom is -0.369 e. The summed E-state index contributed by atoms with van der Waals surface area (Å²) in [7, 11) is -2.84. The summed E-state index contributed by atoms with van der Waals surface area (Å²) in [4.78, 5) is 2.09. The fourth-order valence-electron chi connectivity index (χ4n) is 2.42. The first-order valence-electron chi connectivity index (χ1n) is 7.04. The van der Waals surface area contributed by atoms with Crippen molar-refractivity contribution in [2.45, 2.75) is 19.8 Å². The van der Waals surface area contributed by atoms with Crippen LogP contribution in [-0.2, 0) is 9.84 Å². The van der Waals surface area contributed by atoms with Gasteiger partial charge in [-0.05, 0) is 29.5 Å². The Morgan fingerprint density at radius 2 is 1.70 bits per heavy atom. The molecule has 3 nitrogen and oxygen atoms in total. The van der Waals surface area contributed by atoms with Crippen LogP contribution in [0.25, 0.3) is 0 Å². The second-order valence-electron chi connectivity index (χ2n) is 5.65. The zero-order chi connectivity index (χ0) is 14.8. The van der Waals surface area contributed by atoms with Gasteiger partial charge < -0.3 is 4.90 Å². The van der Waals surface area contributed by atoms with E-state index in [1.54, 1.807) is 0 Å². The van der Waals surface area contributed by atoms with Crippen LogP contribution in [0.15, 0.2) is 24.3 Å². The van der Waals surface area contributed by atoms with E-state index in [0.717, 1.165) is 11.3 Å². The van der Waals surface area contributed by atoms with Crippen LogP contribution in [0.1, 0.15) is 25.3 Å². The zero-order valence-corrected chi connectivity index (χ0v) is 12.9. The van der Waals surface area contributed by atoms with Gasteiger partial charge in [-0.15, -0.1) is 0 Å². The number of sulfone groups is 1. The topological polar surface area (TPSA) is 37.4 Å². The van der Waals surface area contributed by atoms with Gasteiger partial charge in [0.15, 0.2) is 9.84 Å². The molecule has 1 aliphatic heterocycles. The third-order valence-corrected chi connectivity index (χ3v) is 5.83. The van der Waals surface area contributed by atoms with E-state index in [1.165, 1.54) is 0 Å². The molecule has 20 heavy (non-hydrogen) atoms. The largest absolute Gasteiger partial charge is 0.369 e. The highest BCUT2D eigenvalue weighted by molar-refractivity contribution is 7.91. The lowest BCUT2D eigenvalue weighted by Gasteiger charge is -2.29. The normalized spacial score (nSPS) is 21.4. The first kappa shape index (κ1) is 15.3. The van der Waals surface area contributed by atoms with Crippen LogP contribution in [0.5, 0.6) is 0 Å². The fourth-order valence-corrected chi connectivity index (χ4v) is 3.62. The van der Waals surface area contributed by atoms with E-state index < -0.39 is 9.84 Å². The summed E-state index contributed by atoms with van der Waals surface area (Å²) >= 11 is 0. The lowest BCUT2D eigenvalue weighted by Crippen LogP contribution is -2.40. The molecule has 1 aliphatic rings. The SMILES string of the molecule is C[C@H](CF)[C@H](C)c1ccc(N2CCS(=O)(=O)CC2)cc1. The van der Waals surface area contributed by atoms with Crippen LogP contribution < -0.4 is 4.90 Å². The summed E-state index contributed by atoms with van der Waals surface area (Å²) in [5.74, 6) is 0.658. The highest BCUT2D eigenvalue weighted by Gasteiger charge is 2.22. The Morgan fingerprint density at radius 1 is 1.15 bits per heavy atom. The molecule has 0 radical (unpaired) electrons. The van der Waals surface area contributed by atoms with E-state index >= 15 is 0 Å². The summed E-state index contributed by atoms with van der Waals surface area (Å²) in [6, 6.07) is 8.06. The minimum atomic E-state index is -2.84. The van der Waals surface area contributed by atoms with Gasteiger partial charge >= 0.3 is 0 Å². The quantitative estimate of drug-likeness (QED) is 0.857. The molecule has 0 aromatic heterocycles. The van der Waals surface area contributed by atoms with Crippen molar-refractivity contribution in [3.05, 3.63) is 29.8 Å². The number of halogens is 1. The predicted octanol–water partition coefficient (Wildman–Crippen LogP) is 2.63. The molecule has 1 heterocycles. The smallest absolute Gasteiger partial charge is 0.153 e. The van der Waals surface area contributed by atoms with Crippen molar-refractivity contribution >= 4 is 15.5 Å². The number of nitrogens with zero attached hydrogens (tertiary/aromatic N) is 1. The number of anilines is 1. The van der Waals surface area contributed by atoms with Gasteiger partial charge in [0.05, 0.1) is 18.2 Å². The Kier molecular flexibility index (Phi) is 4.68. The van der Waals surface area contributed by atoms with Crippen LogP contribution in [0.3, 0.4) is 0 Å². The third-order valence-electron chi connectivity index (χ3n) is 4.23. The second kappa shape index (κ2) is 6.12. The molecule has 1 aromatic carbocycles. The number of hydrogen-bond acceptors (Lipinski definition) is 3. The Labute approximate surface area is 120 Å². The number of benzene rings is 1. The maximum absolute atomic E-state index is 12.7. The van der Waals surface area contributed by atoms with Crippen molar-refractivity contribution in [2.75, 3.05) is 36.2 Å². The molecule has 0 spiro atoms.